The van der Waals surface area contributed by atoms with E-state index in [1.54, 1.807) is 0 Å². The van der Waals surface area contributed by atoms with Crippen LogP contribution in [0, 0.1) is 5.92 Å². The summed E-state index contributed by atoms with van der Waals surface area (Å²) in [6, 6.07) is 8.03. The number of benzene rings is 1. The molecule has 6 heteroatoms. The Kier molecular flexibility index (Phi) is 2.96. The molecular formula is C15H15ClN4O. The molecular weight excluding hydrogens is 288 g/mol. The molecule has 108 valence electrons. The summed E-state index contributed by atoms with van der Waals surface area (Å²) in [5.41, 5.74) is 0.840. The summed E-state index contributed by atoms with van der Waals surface area (Å²) < 4.78 is 0. The number of carbonyl (C=O) groups excluding carboxylic acids is 1. The van der Waals surface area contributed by atoms with Gasteiger partial charge in [-0.3, -0.25) is 4.79 Å². The van der Waals surface area contributed by atoms with Gasteiger partial charge in [0.2, 0.25) is 11.2 Å². The first-order chi connectivity index (χ1) is 10.2. The second-order valence-corrected chi connectivity index (χ2v) is 5.93. The first-order valence-electron chi connectivity index (χ1n) is 7.20. The molecule has 0 aliphatic carbocycles. The van der Waals surface area contributed by atoms with Gasteiger partial charge in [-0.1, -0.05) is 12.1 Å². The van der Waals surface area contributed by atoms with Crippen molar-refractivity contribution in [3.05, 3.63) is 29.5 Å². The van der Waals surface area contributed by atoms with Crippen molar-refractivity contribution in [1.29, 1.82) is 0 Å². The Labute approximate surface area is 127 Å². The van der Waals surface area contributed by atoms with Crippen LogP contribution in [0.2, 0.25) is 5.28 Å². The zero-order chi connectivity index (χ0) is 14.4. The molecule has 1 N–H and O–H groups in total. The fourth-order valence-corrected chi connectivity index (χ4v) is 3.64. The van der Waals surface area contributed by atoms with Gasteiger partial charge in [-0.2, -0.15) is 4.98 Å². The van der Waals surface area contributed by atoms with Crippen LogP contribution in [0.25, 0.3) is 10.9 Å². The summed E-state index contributed by atoms with van der Waals surface area (Å²) >= 11 is 6.08. The maximum absolute atomic E-state index is 11.9. The summed E-state index contributed by atoms with van der Waals surface area (Å²) in [6.07, 6.45) is 1.94. The lowest BCUT2D eigenvalue weighted by atomic mass is 9.91. The number of fused-ring (bicyclic) bond motifs is 2. The summed E-state index contributed by atoms with van der Waals surface area (Å²) in [5, 5.41) is 4.21. The molecule has 4 rings (SSSR count). The third kappa shape index (κ3) is 2.03. The molecule has 2 aliphatic rings. The second-order valence-electron chi connectivity index (χ2n) is 5.59. The Morgan fingerprint density at radius 2 is 2.14 bits per heavy atom. The van der Waals surface area contributed by atoms with Crippen LogP contribution in [0.15, 0.2) is 24.3 Å². The molecule has 0 radical (unpaired) electrons. The SMILES string of the molecule is O=C1NCC2C1CCCN2c1nc(Cl)nc2ccccc12. The Balaban J connectivity index is 1.84. The molecule has 2 atom stereocenters. The number of aromatic nitrogens is 2. The van der Waals surface area contributed by atoms with Gasteiger partial charge in [0, 0.05) is 18.5 Å². The Morgan fingerprint density at radius 3 is 3.05 bits per heavy atom. The van der Waals surface area contributed by atoms with Crippen molar-refractivity contribution in [2.75, 3.05) is 18.0 Å². The number of nitrogens with zero attached hydrogens (tertiary/aromatic N) is 3. The van der Waals surface area contributed by atoms with Crippen LogP contribution in [-0.4, -0.2) is 35.0 Å². The van der Waals surface area contributed by atoms with Crippen LogP contribution in [0.3, 0.4) is 0 Å². The number of piperidine rings is 1. The van der Waals surface area contributed by atoms with Gasteiger partial charge in [0.25, 0.3) is 0 Å². The van der Waals surface area contributed by atoms with Crippen LogP contribution in [0.5, 0.6) is 0 Å². The highest BCUT2D eigenvalue weighted by molar-refractivity contribution is 6.28. The van der Waals surface area contributed by atoms with E-state index in [4.69, 9.17) is 11.6 Å². The van der Waals surface area contributed by atoms with Gasteiger partial charge >= 0.3 is 0 Å². The predicted octanol–water partition coefficient (Wildman–Crippen LogP) is 2.00. The molecule has 0 bridgehead atoms. The van der Waals surface area contributed by atoms with E-state index < -0.39 is 0 Å². The molecule has 2 aliphatic heterocycles. The molecule has 0 spiro atoms. The third-order valence-electron chi connectivity index (χ3n) is 4.43. The van der Waals surface area contributed by atoms with Gasteiger partial charge in [0.15, 0.2) is 0 Å². The van der Waals surface area contributed by atoms with Gasteiger partial charge in [0.05, 0.1) is 17.5 Å². The summed E-state index contributed by atoms with van der Waals surface area (Å²) in [7, 11) is 0. The average molecular weight is 303 g/mol. The van der Waals surface area contributed by atoms with Crippen molar-refractivity contribution >= 4 is 34.2 Å². The van der Waals surface area contributed by atoms with E-state index in [0.717, 1.165) is 36.1 Å². The van der Waals surface area contributed by atoms with Gasteiger partial charge < -0.3 is 10.2 Å². The Hall–Kier alpha value is -1.88. The normalized spacial score (nSPS) is 25.0. The molecule has 2 aromatic rings. The van der Waals surface area contributed by atoms with E-state index >= 15 is 0 Å². The number of amides is 1. The Bertz CT molecular complexity index is 720. The van der Waals surface area contributed by atoms with Gasteiger partial charge in [-0.25, -0.2) is 4.98 Å². The van der Waals surface area contributed by atoms with Crippen molar-refractivity contribution < 1.29 is 4.79 Å². The van der Waals surface area contributed by atoms with Crippen LogP contribution < -0.4 is 10.2 Å². The molecule has 21 heavy (non-hydrogen) atoms. The molecule has 1 amide bonds. The van der Waals surface area contributed by atoms with E-state index in [1.165, 1.54) is 0 Å². The van der Waals surface area contributed by atoms with Crippen molar-refractivity contribution in [3.8, 4) is 0 Å². The molecule has 0 saturated carbocycles. The second kappa shape index (κ2) is 4.84. The van der Waals surface area contributed by atoms with Crippen LogP contribution in [0.1, 0.15) is 12.8 Å². The Morgan fingerprint density at radius 1 is 1.29 bits per heavy atom. The fourth-order valence-electron chi connectivity index (χ4n) is 3.47. The predicted molar refractivity (Wildman–Crippen MR) is 81.4 cm³/mol. The minimum atomic E-state index is 0.0613. The van der Waals surface area contributed by atoms with E-state index in [0.29, 0.717) is 6.54 Å². The lowest BCUT2D eigenvalue weighted by Gasteiger charge is -2.37. The van der Waals surface area contributed by atoms with E-state index in [-0.39, 0.29) is 23.2 Å². The smallest absolute Gasteiger partial charge is 0.225 e. The number of hydrogen-bond acceptors (Lipinski definition) is 4. The van der Waals surface area contributed by atoms with Crippen LogP contribution >= 0.6 is 11.6 Å². The zero-order valence-electron chi connectivity index (χ0n) is 11.4. The molecule has 1 aromatic heterocycles. The average Bonchev–Trinajstić information content (AvgIpc) is 2.88. The maximum Gasteiger partial charge on any atom is 0.225 e. The highest BCUT2D eigenvalue weighted by Gasteiger charge is 2.41. The van der Waals surface area contributed by atoms with Crippen molar-refractivity contribution in [2.45, 2.75) is 18.9 Å². The van der Waals surface area contributed by atoms with Gasteiger partial charge in [0.1, 0.15) is 5.82 Å². The molecule has 2 saturated heterocycles. The lowest BCUT2D eigenvalue weighted by molar-refractivity contribution is -0.122. The maximum atomic E-state index is 11.9. The minimum absolute atomic E-state index is 0.0613. The number of anilines is 1. The standard InChI is InChI=1S/C15H15ClN4O/c16-15-18-11-6-2-1-4-9(11)13(19-15)20-7-3-5-10-12(20)8-17-14(10)21/h1-2,4,6,10,12H,3,5,7-8H2,(H,17,21). The number of nitrogens with one attached hydrogen (secondary N) is 1. The first-order valence-corrected chi connectivity index (χ1v) is 7.58. The quantitative estimate of drug-likeness (QED) is 0.819. The molecule has 5 nitrogen and oxygen atoms in total. The van der Waals surface area contributed by atoms with E-state index in [9.17, 15) is 4.79 Å². The first kappa shape index (κ1) is 12.8. The highest BCUT2D eigenvalue weighted by atomic mass is 35.5. The topological polar surface area (TPSA) is 58.1 Å². The van der Waals surface area contributed by atoms with E-state index in [1.807, 2.05) is 24.3 Å². The zero-order valence-corrected chi connectivity index (χ0v) is 12.2. The number of hydrogen-bond donors (Lipinski definition) is 1. The third-order valence-corrected chi connectivity index (χ3v) is 4.60. The summed E-state index contributed by atoms with van der Waals surface area (Å²) in [6.45, 7) is 1.58. The lowest BCUT2D eigenvalue weighted by Crippen LogP contribution is -2.46. The molecule has 2 fully saturated rings. The van der Waals surface area contributed by atoms with Crippen molar-refractivity contribution in [3.63, 3.8) is 0 Å². The van der Waals surface area contributed by atoms with E-state index in [2.05, 4.69) is 20.2 Å². The summed E-state index contributed by atoms with van der Waals surface area (Å²) in [5.74, 6) is 1.07. The van der Waals surface area contributed by atoms with Crippen LogP contribution in [-0.2, 0) is 4.79 Å². The summed E-state index contributed by atoms with van der Waals surface area (Å²) in [4.78, 5) is 22.9. The molecule has 2 unspecified atom stereocenters. The van der Waals surface area contributed by atoms with Crippen molar-refractivity contribution in [2.24, 2.45) is 5.92 Å². The minimum Gasteiger partial charge on any atom is -0.354 e. The largest absolute Gasteiger partial charge is 0.354 e. The number of carbonyl (C=O) groups is 1. The number of rotatable bonds is 1. The van der Waals surface area contributed by atoms with Crippen LogP contribution in [0.4, 0.5) is 5.82 Å². The molecule has 3 heterocycles. The number of halogens is 1. The fraction of sp³-hybridized carbons (Fsp3) is 0.400. The highest BCUT2D eigenvalue weighted by Crippen LogP contribution is 2.34. The number of para-hydroxylation sites is 1. The molecule has 1 aromatic carbocycles. The van der Waals surface area contributed by atoms with Gasteiger partial charge in [-0.15, -0.1) is 0 Å². The van der Waals surface area contributed by atoms with Gasteiger partial charge in [-0.05, 0) is 36.6 Å². The monoisotopic (exact) mass is 302 g/mol. The van der Waals surface area contributed by atoms with Crippen molar-refractivity contribution in [1.82, 2.24) is 15.3 Å².